The molecule has 5 rings (SSSR count). The van der Waals surface area contributed by atoms with Crippen molar-refractivity contribution in [2.24, 2.45) is 0 Å². The van der Waals surface area contributed by atoms with Gasteiger partial charge in [0, 0.05) is 12.1 Å². The van der Waals surface area contributed by atoms with Crippen LogP contribution in [0.5, 0.6) is 0 Å². The number of nitrogens with one attached hydrogen (secondary N) is 2. The zero-order valence-electron chi connectivity index (χ0n) is 16.3. The van der Waals surface area contributed by atoms with Gasteiger partial charge in [0.25, 0.3) is 5.91 Å². The van der Waals surface area contributed by atoms with E-state index in [0.29, 0.717) is 10.8 Å². The molecule has 1 aliphatic rings. The SMILES string of the molecule is O=C(N[C@H]1CCC[C@@H]1Nc1nc2ccc(F)cc2s1)c1cc(F)ccc1-n1ccnn1. The number of amides is 1. The smallest absolute Gasteiger partial charge is 0.253 e. The summed E-state index contributed by atoms with van der Waals surface area (Å²) in [5.41, 5.74) is 1.36. The van der Waals surface area contributed by atoms with E-state index in [4.69, 9.17) is 0 Å². The summed E-state index contributed by atoms with van der Waals surface area (Å²) in [5.74, 6) is -1.18. The number of fused-ring (bicyclic) bond motifs is 1. The highest BCUT2D eigenvalue weighted by molar-refractivity contribution is 7.22. The Morgan fingerprint density at radius 3 is 2.74 bits per heavy atom. The molecule has 1 saturated carbocycles. The fraction of sp³-hybridized carbons (Fsp3) is 0.238. The number of aromatic nitrogens is 4. The van der Waals surface area contributed by atoms with Crippen LogP contribution in [0.1, 0.15) is 29.6 Å². The Balaban J connectivity index is 1.34. The fourth-order valence-corrected chi connectivity index (χ4v) is 4.85. The Kier molecular flexibility index (Phi) is 5.06. The van der Waals surface area contributed by atoms with Crippen molar-refractivity contribution in [3.05, 3.63) is 66.0 Å². The molecule has 1 fully saturated rings. The predicted molar refractivity (Wildman–Crippen MR) is 113 cm³/mol. The van der Waals surface area contributed by atoms with Gasteiger partial charge in [0.2, 0.25) is 0 Å². The standard InChI is InChI=1S/C21H18F2N6OS/c22-12-5-7-18(29-9-8-24-28-29)14(10-12)20(30)25-15-2-1-3-16(15)26-21-27-17-6-4-13(23)11-19(17)31-21/h4-11,15-16H,1-3H2,(H,25,30)(H,26,27)/t15-,16-/m0/s1. The molecule has 0 unspecified atom stereocenters. The van der Waals surface area contributed by atoms with Gasteiger partial charge in [-0.1, -0.05) is 16.6 Å². The second-order valence-corrected chi connectivity index (χ2v) is 8.43. The van der Waals surface area contributed by atoms with Crippen molar-refractivity contribution in [2.75, 3.05) is 5.32 Å². The highest BCUT2D eigenvalue weighted by atomic mass is 32.1. The molecular formula is C21H18F2N6OS. The van der Waals surface area contributed by atoms with Gasteiger partial charge in [-0.3, -0.25) is 4.79 Å². The molecule has 4 aromatic rings. The van der Waals surface area contributed by atoms with E-state index in [1.165, 1.54) is 52.5 Å². The third kappa shape index (κ3) is 3.98. The minimum Gasteiger partial charge on any atom is -0.357 e. The van der Waals surface area contributed by atoms with Crippen LogP contribution in [0.25, 0.3) is 15.9 Å². The van der Waals surface area contributed by atoms with Crippen LogP contribution < -0.4 is 10.6 Å². The lowest BCUT2D eigenvalue weighted by Gasteiger charge is -2.22. The maximum Gasteiger partial charge on any atom is 0.253 e. The number of carbonyl (C=O) groups is 1. The summed E-state index contributed by atoms with van der Waals surface area (Å²) in [6.07, 6.45) is 5.66. The molecule has 2 heterocycles. The predicted octanol–water partition coefficient (Wildman–Crippen LogP) is 3.92. The lowest BCUT2D eigenvalue weighted by Crippen LogP contribution is -2.43. The second-order valence-electron chi connectivity index (χ2n) is 7.40. The third-order valence-electron chi connectivity index (χ3n) is 5.36. The highest BCUT2D eigenvalue weighted by Crippen LogP contribution is 2.30. The zero-order chi connectivity index (χ0) is 21.4. The minimum atomic E-state index is -0.503. The van der Waals surface area contributed by atoms with Crippen LogP contribution in [0.15, 0.2) is 48.8 Å². The van der Waals surface area contributed by atoms with Gasteiger partial charge in [-0.05, 0) is 55.7 Å². The Hall–Kier alpha value is -3.40. The third-order valence-corrected chi connectivity index (χ3v) is 6.31. The summed E-state index contributed by atoms with van der Waals surface area (Å²) in [6.45, 7) is 0. The van der Waals surface area contributed by atoms with Gasteiger partial charge >= 0.3 is 0 Å². The lowest BCUT2D eigenvalue weighted by molar-refractivity contribution is 0.0935. The molecule has 0 saturated heterocycles. The van der Waals surface area contributed by atoms with Gasteiger partial charge in [0.1, 0.15) is 11.6 Å². The van der Waals surface area contributed by atoms with Crippen LogP contribution in [0.4, 0.5) is 13.9 Å². The molecular weight excluding hydrogens is 422 g/mol. The van der Waals surface area contributed by atoms with E-state index < -0.39 is 5.82 Å². The van der Waals surface area contributed by atoms with Crippen molar-refractivity contribution in [3.63, 3.8) is 0 Å². The molecule has 0 radical (unpaired) electrons. The number of hydrogen-bond acceptors (Lipinski definition) is 6. The van der Waals surface area contributed by atoms with E-state index in [1.54, 1.807) is 12.3 Å². The maximum absolute atomic E-state index is 13.9. The van der Waals surface area contributed by atoms with Crippen LogP contribution in [0, 0.1) is 11.6 Å². The zero-order valence-corrected chi connectivity index (χ0v) is 17.1. The van der Waals surface area contributed by atoms with Gasteiger partial charge in [-0.2, -0.15) is 0 Å². The molecule has 0 aliphatic heterocycles. The summed E-state index contributed by atoms with van der Waals surface area (Å²) in [4.78, 5) is 17.5. The molecule has 0 spiro atoms. The largest absolute Gasteiger partial charge is 0.357 e. The van der Waals surface area contributed by atoms with Crippen molar-refractivity contribution in [3.8, 4) is 5.69 Å². The average Bonchev–Trinajstić information content (AvgIpc) is 3.49. The van der Waals surface area contributed by atoms with E-state index in [0.717, 1.165) is 29.5 Å². The number of nitrogens with zero attached hydrogens (tertiary/aromatic N) is 4. The fourth-order valence-electron chi connectivity index (χ4n) is 3.90. The number of anilines is 1. The van der Waals surface area contributed by atoms with Crippen LogP contribution in [0.2, 0.25) is 0 Å². The van der Waals surface area contributed by atoms with E-state index >= 15 is 0 Å². The van der Waals surface area contributed by atoms with Crippen molar-refractivity contribution >= 4 is 32.6 Å². The van der Waals surface area contributed by atoms with Gasteiger partial charge in [-0.25, -0.2) is 18.4 Å². The first-order valence-corrected chi connectivity index (χ1v) is 10.7. The van der Waals surface area contributed by atoms with Crippen LogP contribution in [0.3, 0.4) is 0 Å². The first kappa shape index (κ1) is 19.6. The summed E-state index contributed by atoms with van der Waals surface area (Å²) in [7, 11) is 0. The molecule has 2 N–H and O–H groups in total. The van der Waals surface area contributed by atoms with Crippen molar-refractivity contribution < 1.29 is 13.6 Å². The number of halogens is 2. The number of hydrogen-bond donors (Lipinski definition) is 2. The molecule has 2 aromatic heterocycles. The van der Waals surface area contributed by atoms with Crippen LogP contribution in [-0.2, 0) is 0 Å². The molecule has 158 valence electrons. The Bertz CT molecular complexity index is 1240. The van der Waals surface area contributed by atoms with Gasteiger partial charge in [-0.15, -0.1) is 5.10 Å². The quantitative estimate of drug-likeness (QED) is 0.491. The minimum absolute atomic E-state index is 0.0299. The molecule has 7 nitrogen and oxygen atoms in total. The van der Waals surface area contributed by atoms with E-state index in [2.05, 4.69) is 25.9 Å². The molecule has 10 heteroatoms. The normalized spacial score (nSPS) is 18.4. The number of benzene rings is 2. The van der Waals surface area contributed by atoms with Gasteiger partial charge in [0.05, 0.1) is 33.9 Å². The summed E-state index contributed by atoms with van der Waals surface area (Å²) < 4.78 is 29.5. The van der Waals surface area contributed by atoms with E-state index in [1.807, 2.05) is 0 Å². The topological polar surface area (TPSA) is 84.7 Å². The van der Waals surface area contributed by atoms with E-state index in [9.17, 15) is 13.6 Å². The second kappa shape index (κ2) is 8.03. The molecule has 31 heavy (non-hydrogen) atoms. The molecule has 2 aromatic carbocycles. The van der Waals surface area contributed by atoms with Gasteiger partial charge in [0.15, 0.2) is 5.13 Å². The maximum atomic E-state index is 13.9. The summed E-state index contributed by atoms with van der Waals surface area (Å²) in [5, 5.41) is 14.7. The first-order chi connectivity index (χ1) is 15.1. The monoisotopic (exact) mass is 440 g/mol. The summed E-state index contributed by atoms with van der Waals surface area (Å²) >= 11 is 1.38. The molecule has 1 aliphatic carbocycles. The lowest BCUT2D eigenvalue weighted by atomic mass is 10.1. The first-order valence-electron chi connectivity index (χ1n) is 9.86. The Morgan fingerprint density at radius 2 is 1.90 bits per heavy atom. The average molecular weight is 440 g/mol. The van der Waals surface area contributed by atoms with Crippen molar-refractivity contribution in [1.82, 2.24) is 25.3 Å². The molecule has 0 bridgehead atoms. The molecule has 1 amide bonds. The number of carbonyl (C=O) groups excluding carboxylic acids is 1. The number of thiazole rings is 1. The van der Waals surface area contributed by atoms with Crippen LogP contribution >= 0.6 is 11.3 Å². The van der Waals surface area contributed by atoms with Crippen LogP contribution in [-0.4, -0.2) is 38.0 Å². The Morgan fingerprint density at radius 1 is 1.10 bits per heavy atom. The Labute approximate surface area is 180 Å². The number of rotatable bonds is 5. The van der Waals surface area contributed by atoms with E-state index in [-0.39, 0.29) is 29.4 Å². The highest BCUT2D eigenvalue weighted by Gasteiger charge is 2.30. The molecule has 2 atom stereocenters. The summed E-state index contributed by atoms with van der Waals surface area (Å²) in [6, 6.07) is 8.30. The van der Waals surface area contributed by atoms with Crippen molar-refractivity contribution in [1.29, 1.82) is 0 Å². The van der Waals surface area contributed by atoms with Crippen molar-refractivity contribution in [2.45, 2.75) is 31.3 Å². The van der Waals surface area contributed by atoms with Gasteiger partial charge < -0.3 is 10.6 Å².